The fourth-order valence-electron chi connectivity index (χ4n) is 7.10. The summed E-state index contributed by atoms with van der Waals surface area (Å²) in [5.41, 5.74) is 9.14. The van der Waals surface area contributed by atoms with E-state index in [-0.39, 0.29) is 5.91 Å². The number of hydrogen-bond acceptors (Lipinski definition) is 1. The van der Waals surface area contributed by atoms with Crippen molar-refractivity contribution in [2.24, 2.45) is 0 Å². The monoisotopic (exact) mass is 507 g/mol. The van der Waals surface area contributed by atoms with Crippen LogP contribution in [0, 0.1) is 0 Å². The molecule has 1 aliphatic carbocycles. The largest absolute Gasteiger partial charge is 0.361 e. The molecule has 6 aromatic rings. The second-order valence-electron chi connectivity index (χ2n) is 10.9. The Kier molecular flexibility index (Phi) is 4.87. The smallest absolute Gasteiger partial charge is 0.247 e. The van der Waals surface area contributed by atoms with Crippen molar-refractivity contribution in [3.05, 3.63) is 137 Å². The van der Waals surface area contributed by atoms with Crippen LogP contribution in [0.5, 0.6) is 0 Å². The number of hydrogen-bond donors (Lipinski definition) is 2. The van der Waals surface area contributed by atoms with Crippen molar-refractivity contribution >= 4 is 33.4 Å². The molecule has 0 spiro atoms. The maximum absolute atomic E-state index is 15.1. The van der Waals surface area contributed by atoms with E-state index in [1.807, 2.05) is 35.2 Å². The molecule has 2 aliphatic rings. The number of amides is 1. The van der Waals surface area contributed by atoms with Gasteiger partial charge < -0.3 is 14.9 Å². The molecule has 4 nitrogen and oxygen atoms in total. The van der Waals surface area contributed by atoms with E-state index in [9.17, 15) is 0 Å². The van der Waals surface area contributed by atoms with Gasteiger partial charge in [0.2, 0.25) is 5.91 Å². The highest BCUT2D eigenvalue weighted by molar-refractivity contribution is 6.15. The zero-order valence-corrected chi connectivity index (χ0v) is 21.7. The standard InChI is InChI=1S/C35H29N3O/c39-34-35(29-21-36-30-15-7-5-13-27(29)30,24-18-19-26-25-12-4-8-16-31(25)37-32(26)20-24)28-14-6-9-17-33(28)38(34)22-23-10-2-1-3-11-23/h1-3,5-7,9-11,13-15,17-21,36-37H,4,8,12,16,22H2. The van der Waals surface area contributed by atoms with Gasteiger partial charge in [-0.3, -0.25) is 4.79 Å². The number of aromatic nitrogens is 2. The van der Waals surface area contributed by atoms with E-state index in [1.54, 1.807) is 0 Å². The van der Waals surface area contributed by atoms with Gasteiger partial charge in [-0.15, -0.1) is 0 Å². The number of rotatable bonds is 4. The fraction of sp³-hybridized carbons (Fsp3) is 0.171. The second-order valence-corrected chi connectivity index (χ2v) is 10.9. The first-order valence-electron chi connectivity index (χ1n) is 13.9. The average molecular weight is 508 g/mol. The summed E-state index contributed by atoms with van der Waals surface area (Å²) in [6.07, 6.45) is 6.73. The lowest BCUT2D eigenvalue weighted by Crippen LogP contribution is -2.42. The van der Waals surface area contributed by atoms with Gasteiger partial charge in [0.1, 0.15) is 5.41 Å². The fourth-order valence-corrected chi connectivity index (χ4v) is 7.10. The molecule has 2 aromatic heterocycles. The normalized spacial score (nSPS) is 18.6. The van der Waals surface area contributed by atoms with Crippen LogP contribution < -0.4 is 4.90 Å². The van der Waals surface area contributed by atoms with Crippen molar-refractivity contribution in [3.63, 3.8) is 0 Å². The molecular formula is C35H29N3O. The van der Waals surface area contributed by atoms with Crippen molar-refractivity contribution in [2.45, 2.75) is 37.6 Å². The number of aromatic amines is 2. The molecule has 0 bridgehead atoms. The summed E-state index contributed by atoms with van der Waals surface area (Å²) < 4.78 is 0. The number of nitrogens with zero attached hydrogens (tertiary/aromatic N) is 1. The van der Waals surface area contributed by atoms with Crippen LogP contribution in [0.3, 0.4) is 0 Å². The minimum atomic E-state index is -0.967. The first-order valence-corrected chi connectivity index (χ1v) is 13.9. The summed E-state index contributed by atoms with van der Waals surface area (Å²) in [4.78, 5) is 24.3. The van der Waals surface area contributed by atoms with Gasteiger partial charge in [0.15, 0.2) is 0 Å². The van der Waals surface area contributed by atoms with Crippen LogP contribution in [0.25, 0.3) is 21.8 Å². The number of H-pyrrole nitrogens is 2. The van der Waals surface area contributed by atoms with E-state index in [2.05, 4.69) is 82.9 Å². The van der Waals surface area contributed by atoms with Crippen molar-refractivity contribution < 1.29 is 4.79 Å². The minimum absolute atomic E-state index is 0.0907. The van der Waals surface area contributed by atoms with E-state index in [0.29, 0.717) is 6.54 Å². The third-order valence-electron chi connectivity index (χ3n) is 8.87. The Morgan fingerprint density at radius 3 is 2.46 bits per heavy atom. The van der Waals surface area contributed by atoms with Gasteiger partial charge in [-0.1, -0.05) is 78.9 Å². The summed E-state index contributed by atoms with van der Waals surface area (Å²) in [7, 11) is 0. The summed E-state index contributed by atoms with van der Waals surface area (Å²) in [6.45, 7) is 0.528. The molecule has 1 unspecified atom stereocenters. The van der Waals surface area contributed by atoms with Crippen molar-refractivity contribution in [3.8, 4) is 0 Å². The van der Waals surface area contributed by atoms with Gasteiger partial charge in [0.25, 0.3) is 0 Å². The molecule has 190 valence electrons. The molecule has 0 radical (unpaired) electrons. The Morgan fingerprint density at radius 1 is 0.744 bits per heavy atom. The molecule has 0 saturated heterocycles. The van der Waals surface area contributed by atoms with E-state index >= 15 is 4.79 Å². The number of carbonyl (C=O) groups is 1. The molecule has 0 fully saturated rings. The highest BCUT2D eigenvalue weighted by Gasteiger charge is 2.54. The molecule has 4 aromatic carbocycles. The molecule has 1 amide bonds. The number of carbonyl (C=O) groups excluding carboxylic acids is 1. The Balaban J connectivity index is 1.41. The molecule has 0 saturated carbocycles. The molecular weight excluding hydrogens is 478 g/mol. The van der Waals surface area contributed by atoms with Crippen LogP contribution in [0.4, 0.5) is 5.69 Å². The van der Waals surface area contributed by atoms with Crippen molar-refractivity contribution in [1.29, 1.82) is 0 Å². The topological polar surface area (TPSA) is 51.9 Å². The zero-order chi connectivity index (χ0) is 26.0. The van der Waals surface area contributed by atoms with Gasteiger partial charge in [-0.2, -0.15) is 0 Å². The van der Waals surface area contributed by atoms with Crippen LogP contribution >= 0.6 is 0 Å². The van der Waals surface area contributed by atoms with Crippen LogP contribution in [-0.2, 0) is 29.6 Å². The number of para-hydroxylation sites is 2. The van der Waals surface area contributed by atoms with Gasteiger partial charge in [-0.05, 0) is 60.6 Å². The van der Waals surface area contributed by atoms with Crippen LogP contribution in [0.2, 0.25) is 0 Å². The molecule has 1 aliphatic heterocycles. The van der Waals surface area contributed by atoms with E-state index in [0.717, 1.165) is 57.2 Å². The summed E-state index contributed by atoms with van der Waals surface area (Å²) in [6, 6.07) is 33.6. The van der Waals surface area contributed by atoms with Crippen molar-refractivity contribution in [1.82, 2.24) is 9.97 Å². The lowest BCUT2D eigenvalue weighted by Gasteiger charge is -2.30. The van der Waals surface area contributed by atoms with Gasteiger partial charge >= 0.3 is 0 Å². The molecule has 2 N–H and O–H groups in total. The first-order chi connectivity index (χ1) is 19.2. The molecule has 1 atom stereocenters. The SMILES string of the molecule is O=C1N(Cc2ccccc2)c2ccccc2C1(c1ccc2c3c([nH]c2c1)CCCC3)c1c[nH]c2ccccc12. The number of benzene rings is 4. The summed E-state index contributed by atoms with van der Waals surface area (Å²) in [5.74, 6) is 0.0907. The zero-order valence-electron chi connectivity index (χ0n) is 21.7. The maximum atomic E-state index is 15.1. The summed E-state index contributed by atoms with van der Waals surface area (Å²) in [5, 5.41) is 2.37. The predicted molar refractivity (Wildman–Crippen MR) is 157 cm³/mol. The quantitative estimate of drug-likeness (QED) is 0.256. The Morgan fingerprint density at radius 2 is 1.54 bits per heavy atom. The van der Waals surface area contributed by atoms with E-state index < -0.39 is 5.41 Å². The third-order valence-corrected chi connectivity index (χ3v) is 8.87. The van der Waals surface area contributed by atoms with Crippen molar-refractivity contribution in [2.75, 3.05) is 4.90 Å². The first kappa shape index (κ1) is 22.4. The predicted octanol–water partition coefficient (Wildman–Crippen LogP) is 7.41. The van der Waals surface area contributed by atoms with E-state index in [4.69, 9.17) is 0 Å². The second kappa shape index (κ2) is 8.47. The molecule has 3 heterocycles. The Labute approximate surface area is 227 Å². The Hall–Kier alpha value is -4.57. The van der Waals surface area contributed by atoms with Crippen LogP contribution in [0.15, 0.2) is 103 Å². The maximum Gasteiger partial charge on any atom is 0.247 e. The lowest BCUT2D eigenvalue weighted by molar-refractivity contribution is -0.120. The van der Waals surface area contributed by atoms with Gasteiger partial charge in [0.05, 0.1) is 6.54 Å². The number of anilines is 1. The molecule has 4 heteroatoms. The highest BCUT2D eigenvalue weighted by Crippen LogP contribution is 2.53. The molecule has 39 heavy (non-hydrogen) atoms. The van der Waals surface area contributed by atoms with Gasteiger partial charge in [-0.25, -0.2) is 0 Å². The minimum Gasteiger partial charge on any atom is -0.361 e. The number of fused-ring (bicyclic) bond motifs is 5. The third kappa shape index (κ3) is 3.15. The van der Waals surface area contributed by atoms with E-state index in [1.165, 1.54) is 29.5 Å². The lowest BCUT2D eigenvalue weighted by atomic mass is 9.70. The molecule has 8 rings (SSSR count). The average Bonchev–Trinajstić information content (AvgIpc) is 3.65. The Bertz CT molecular complexity index is 1880. The van der Waals surface area contributed by atoms with Crippen LogP contribution in [-0.4, -0.2) is 15.9 Å². The van der Waals surface area contributed by atoms with Gasteiger partial charge in [0, 0.05) is 50.5 Å². The summed E-state index contributed by atoms with van der Waals surface area (Å²) >= 11 is 0. The highest BCUT2D eigenvalue weighted by atomic mass is 16.2. The van der Waals surface area contributed by atoms with Crippen LogP contribution in [0.1, 0.15) is 46.4 Å². The number of aryl methyl sites for hydroxylation is 2. The number of nitrogens with one attached hydrogen (secondary N) is 2.